The van der Waals surface area contributed by atoms with E-state index in [4.69, 9.17) is 9.47 Å². The summed E-state index contributed by atoms with van der Waals surface area (Å²) >= 11 is 0. The molecule has 0 bridgehead atoms. The molecule has 0 saturated carbocycles. The van der Waals surface area contributed by atoms with E-state index in [-0.39, 0.29) is 5.91 Å². The maximum absolute atomic E-state index is 12.2. The highest BCUT2D eigenvalue weighted by atomic mass is 16.5. The third-order valence-electron chi connectivity index (χ3n) is 4.06. The Morgan fingerprint density at radius 2 is 1.69 bits per heavy atom. The minimum Gasteiger partial charge on any atom is -0.481 e. The van der Waals surface area contributed by atoms with Crippen LogP contribution >= 0.6 is 0 Å². The molecule has 26 heavy (non-hydrogen) atoms. The number of fused-ring (bicyclic) bond motifs is 1. The molecule has 0 fully saturated rings. The van der Waals surface area contributed by atoms with Gasteiger partial charge in [-0.25, -0.2) is 0 Å². The molecule has 1 N–H and O–H groups in total. The van der Waals surface area contributed by atoms with Crippen LogP contribution in [0.3, 0.4) is 0 Å². The summed E-state index contributed by atoms with van der Waals surface area (Å²) < 4.78 is 11.3. The topological polar surface area (TPSA) is 47.6 Å². The first-order valence-electron chi connectivity index (χ1n) is 8.77. The van der Waals surface area contributed by atoms with Crippen molar-refractivity contribution in [3.8, 4) is 5.75 Å². The van der Waals surface area contributed by atoms with E-state index in [2.05, 4.69) is 5.32 Å². The molecule has 0 unspecified atom stereocenters. The summed E-state index contributed by atoms with van der Waals surface area (Å²) in [6, 6.07) is 23.8. The summed E-state index contributed by atoms with van der Waals surface area (Å²) in [4.78, 5) is 12.2. The number of carbonyl (C=O) groups is 1. The lowest BCUT2D eigenvalue weighted by Crippen LogP contribution is -2.38. The number of nitrogens with one attached hydrogen (secondary N) is 1. The van der Waals surface area contributed by atoms with Crippen LogP contribution < -0.4 is 10.1 Å². The minimum atomic E-state index is -0.565. The van der Waals surface area contributed by atoms with Crippen molar-refractivity contribution in [2.45, 2.75) is 19.6 Å². The van der Waals surface area contributed by atoms with Gasteiger partial charge in [0, 0.05) is 6.54 Å². The number of hydrogen-bond acceptors (Lipinski definition) is 3. The van der Waals surface area contributed by atoms with Gasteiger partial charge in [0.15, 0.2) is 6.10 Å². The molecule has 0 aliphatic carbocycles. The normalized spacial score (nSPS) is 11.9. The van der Waals surface area contributed by atoms with Crippen molar-refractivity contribution in [2.75, 3.05) is 13.2 Å². The zero-order valence-corrected chi connectivity index (χ0v) is 14.9. The van der Waals surface area contributed by atoms with E-state index in [0.717, 1.165) is 16.3 Å². The van der Waals surface area contributed by atoms with Crippen molar-refractivity contribution in [1.82, 2.24) is 5.32 Å². The molecule has 4 nitrogen and oxygen atoms in total. The third-order valence-corrected chi connectivity index (χ3v) is 4.06. The van der Waals surface area contributed by atoms with Crippen LogP contribution in [0, 0.1) is 0 Å². The van der Waals surface area contributed by atoms with Crippen molar-refractivity contribution in [2.24, 2.45) is 0 Å². The zero-order chi connectivity index (χ0) is 18.2. The molecule has 3 aromatic rings. The first-order chi connectivity index (χ1) is 12.7. The fourth-order valence-corrected chi connectivity index (χ4v) is 2.65. The molecule has 1 amide bonds. The number of amides is 1. The smallest absolute Gasteiger partial charge is 0.260 e. The van der Waals surface area contributed by atoms with Gasteiger partial charge < -0.3 is 14.8 Å². The van der Waals surface area contributed by atoms with E-state index in [0.29, 0.717) is 25.5 Å². The third kappa shape index (κ3) is 5.07. The highest BCUT2D eigenvalue weighted by molar-refractivity contribution is 5.84. The van der Waals surface area contributed by atoms with Crippen molar-refractivity contribution in [3.05, 3.63) is 78.4 Å². The Hall–Kier alpha value is -2.85. The van der Waals surface area contributed by atoms with Crippen LogP contribution in [0.4, 0.5) is 0 Å². The number of rotatable bonds is 8. The van der Waals surface area contributed by atoms with Crippen LogP contribution in [-0.2, 0) is 16.1 Å². The molecule has 3 aromatic carbocycles. The van der Waals surface area contributed by atoms with Crippen LogP contribution in [0.2, 0.25) is 0 Å². The van der Waals surface area contributed by atoms with Gasteiger partial charge in [0.05, 0.1) is 13.2 Å². The fourth-order valence-electron chi connectivity index (χ4n) is 2.65. The summed E-state index contributed by atoms with van der Waals surface area (Å²) in [5, 5.41) is 5.07. The molecule has 134 valence electrons. The summed E-state index contributed by atoms with van der Waals surface area (Å²) in [5.41, 5.74) is 1.12. The molecule has 1 atom stereocenters. The minimum absolute atomic E-state index is 0.151. The largest absolute Gasteiger partial charge is 0.481 e. The lowest BCUT2D eigenvalue weighted by molar-refractivity contribution is -0.127. The first-order valence-corrected chi connectivity index (χ1v) is 8.77. The number of benzene rings is 3. The summed E-state index contributed by atoms with van der Waals surface area (Å²) in [5.74, 6) is 0.535. The molecular formula is C22H23NO3. The van der Waals surface area contributed by atoms with E-state index in [1.54, 1.807) is 6.92 Å². The Morgan fingerprint density at radius 3 is 2.50 bits per heavy atom. The van der Waals surface area contributed by atoms with E-state index in [9.17, 15) is 4.79 Å². The SMILES string of the molecule is C[C@H](Oc1ccc2ccccc2c1)C(=O)NCCOCc1ccccc1. The van der Waals surface area contributed by atoms with Gasteiger partial charge in [-0.05, 0) is 35.4 Å². The molecule has 3 rings (SSSR count). The summed E-state index contributed by atoms with van der Waals surface area (Å²) in [6.45, 7) is 3.20. The van der Waals surface area contributed by atoms with Crippen LogP contribution in [0.15, 0.2) is 72.8 Å². The molecule has 0 aliphatic heterocycles. The molecule has 0 aliphatic rings. The molecule has 0 heterocycles. The van der Waals surface area contributed by atoms with Crippen molar-refractivity contribution < 1.29 is 14.3 Å². The molecule has 0 radical (unpaired) electrons. The molecule has 4 heteroatoms. The Morgan fingerprint density at radius 1 is 0.962 bits per heavy atom. The van der Waals surface area contributed by atoms with Crippen molar-refractivity contribution in [1.29, 1.82) is 0 Å². The molecular weight excluding hydrogens is 326 g/mol. The second kappa shape index (κ2) is 9.02. The lowest BCUT2D eigenvalue weighted by Gasteiger charge is -2.15. The maximum Gasteiger partial charge on any atom is 0.260 e. The average molecular weight is 349 g/mol. The monoisotopic (exact) mass is 349 g/mol. The quantitative estimate of drug-likeness (QED) is 0.627. The van der Waals surface area contributed by atoms with E-state index < -0.39 is 6.10 Å². The standard InChI is InChI=1S/C22H23NO3/c1-17(26-21-12-11-19-9-5-6-10-20(19)15-21)22(24)23-13-14-25-16-18-7-3-2-4-8-18/h2-12,15,17H,13-14,16H2,1H3,(H,23,24)/t17-/m0/s1. The number of carbonyl (C=O) groups excluding carboxylic acids is 1. The van der Waals surface area contributed by atoms with Gasteiger partial charge in [-0.1, -0.05) is 60.7 Å². The van der Waals surface area contributed by atoms with Gasteiger partial charge in [0.2, 0.25) is 0 Å². The predicted octanol–water partition coefficient (Wildman–Crippen LogP) is 3.94. The molecule has 0 spiro atoms. The Kier molecular flexibility index (Phi) is 6.23. The summed E-state index contributed by atoms with van der Waals surface area (Å²) in [6.07, 6.45) is -0.565. The first kappa shape index (κ1) is 18.0. The van der Waals surface area contributed by atoms with Crippen LogP contribution in [0.5, 0.6) is 5.75 Å². The predicted molar refractivity (Wildman–Crippen MR) is 103 cm³/mol. The van der Waals surface area contributed by atoms with Crippen LogP contribution in [0.1, 0.15) is 12.5 Å². The van der Waals surface area contributed by atoms with E-state index in [1.807, 2.05) is 72.8 Å². The number of ether oxygens (including phenoxy) is 2. The lowest BCUT2D eigenvalue weighted by atomic mass is 10.1. The van der Waals surface area contributed by atoms with Gasteiger partial charge in [-0.15, -0.1) is 0 Å². The second-order valence-electron chi connectivity index (χ2n) is 6.10. The van der Waals surface area contributed by atoms with E-state index in [1.165, 1.54) is 0 Å². The van der Waals surface area contributed by atoms with Crippen molar-refractivity contribution >= 4 is 16.7 Å². The van der Waals surface area contributed by atoms with Crippen LogP contribution in [-0.4, -0.2) is 25.2 Å². The summed E-state index contributed by atoms with van der Waals surface area (Å²) in [7, 11) is 0. The zero-order valence-electron chi connectivity index (χ0n) is 14.9. The fraction of sp³-hybridized carbons (Fsp3) is 0.227. The highest BCUT2D eigenvalue weighted by Gasteiger charge is 2.14. The Balaban J connectivity index is 1.41. The molecule has 0 aromatic heterocycles. The van der Waals surface area contributed by atoms with Gasteiger partial charge in [-0.3, -0.25) is 4.79 Å². The van der Waals surface area contributed by atoms with E-state index >= 15 is 0 Å². The van der Waals surface area contributed by atoms with Crippen LogP contribution in [0.25, 0.3) is 10.8 Å². The highest BCUT2D eigenvalue weighted by Crippen LogP contribution is 2.21. The molecule has 0 saturated heterocycles. The average Bonchev–Trinajstić information content (AvgIpc) is 2.68. The van der Waals surface area contributed by atoms with Gasteiger partial charge in [-0.2, -0.15) is 0 Å². The Bertz CT molecular complexity index is 848. The van der Waals surface area contributed by atoms with Gasteiger partial charge >= 0.3 is 0 Å². The Labute approximate surface area is 153 Å². The van der Waals surface area contributed by atoms with Crippen molar-refractivity contribution in [3.63, 3.8) is 0 Å². The number of hydrogen-bond donors (Lipinski definition) is 1. The van der Waals surface area contributed by atoms with Gasteiger partial charge in [0.1, 0.15) is 5.75 Å². The second-order valence-corrected chi connectivity index (χ2v) is 6.10. The van der Waals surface area contributed by atoms with Gasteiger partial charge in [0.25, 0.3) is 5.91 Å². The maximum atomic E-state index is 12.2.